The van der Waals surface area contributed by atoms with Gasteiger partial charge >= 0.3 is 6.09 Å². The summed E-state index contributed by atoms with van der Waals surface area (Å²) in [4.78, 5) is 11.4. The fourth-order valence-electron chi connectivity index (χ4n) is 1.36. The van der Waals surface area contributed by atoms with E-state index >= 15 is 0 Å². The fourth-order valence-corrected chi connectivity index (χ4v) is 1.36. The van der Waals surface area contributed by atoms with Gasteiger partial charge in [-0.15, -0.1) is 0 Å². The highest BCUT2D eigenvalue weighted by Gasteiger charge is 2.09. The molecular weight excluding hydrogens is 202 g/mol. The van der Waals surface area contributed by atoms with Crippen LogP contribution in [0.15, 0.2) is 30.3 Å². The number of hydrogen-bond acceptors (Lipinski definition) is 2. The highest BCUT2D eigenvalue weighted by atomic mass is 16.6. The number of unbranched alkanes of at least 4 members (excludes halogenated alkanes) is 1. The zero-order chi connectivity index (χ0) is 11.8. The van der Waals surface area contributed by atoms with E-state index in [0.29, 0.717) is 6.54 Å². The van der Waals surface area contributed by atoms with Gasteiger partial charge in [0.2, 0.25) is 0 Å². The standard InChI is InChI=1S/C13H19NO2/c1-3-4-10-14-13(15)16-11(2)12-8-6-5-7-9-12/h5-9,11H,3-4,10H2,1-2H3,(H,14,15). The molecule has 0 aromatic heterocycles. The van der Waals surface area contributed by atoms with Crippen molar-refractivity contribution < 1.29 is 9.53 Å². The van der Waals surface area contributed by atoms with Gasteiger partial charge in [0.15, 0.2) is 0 Å². The Morgan fingerprint density at radius 2 is 2.06 bits per heavy atom. The maximum atomic E-state index is 11.4. The number of rotatable bonds is 5. The number of carbonyl (C=O) groups excluding carboxylic acids is 1. The molecule has 0 heterocycles. The van der Waals surface area contributed by atoms with Crippen molar-refractivity contribution in [1.82, 2.24) is 5.32 Å². The molecule has 16 heavy (non-hydrogen) atoms. The maximum Gasteiger partial charge on any atom is 0.407 e. The number of benzene rings is 1. The van der Waals surface area contributed by atoms with Crippen molar-refractivity contribution in [2.75, 3.05) is 6.54 Å². The Kier molecular flexibility index (Phi) is 5.40. The second-order valence-corrected chi connectivity index (χ2v) is 3.74. The molecule has 1 rings (SSSR count). The number of amides is 1. The Balaban J connectivity index is 2.34. The zero-order valence-corrected chi connectivity index (χ0v) is 9.90. The van der Waals surface area contributed by atoms with E-state index in [1.54, 1.807) is 0 Å². The molecule has 0 aliphatic rings. The minimum atomic E-state index is -0.343. The van der Waals surface area contributed by atoms with E-state index in [1.807, 2.05) is 37.3 Å². The molecule has 0 spiro atoms. The van der Waals surface area contributed by atoms with Crippen LogP contribution in [0.3, 0.4) is 0 Å². The van der Waals surface area contributed by atoms with Crippen molar-refractivity contribution >= 4 is 6.09 Å². The Morgan fingerprint density at radius 3 is 2.69 bits per heavy atom. The second kappa shape index (κ2) is 6.88. The van der Waals surface area contributed by atoms with Crippen LogP contribution in [-0.2, 0) is 4.74 Å². The van der Waals surface area contributed by atoms with Gasteiger partial charge in [0.25, 0.3) is 0 Å². The molecule has 1 amide bonds. The summed E-state index contributed by atoms with van der Waals surface area (Å²) in [5.41, 5.74) is 1.01. The number of nitrogens with one attached hydrogen (secondary N) is 1. The third kappa shape index (κ3) is 4.34. The number of ether oxygens (including phenoxy) is 1. The first-order valence-corrected chi connectivity index (χ1v) is 5.73. The van der Waals surface area contributed by atoms with E-state index in [9.17, 15) is 4.79 Å². The minimum absolute atomic E-state index is 0.206. The summed E-state index contributed by atoms with van der Waals surface area (Å²) >= 11 is 0. The first kappa shape index (κ1) is 12.6. The largest absolute Gasteiger partial charge is 0.442 e. The van der Waals surface area contributed by atoms with E-state index < -0.39 is 0 Å². The first-order valence-electron chi connectivity index (χ1n) is 5.73. The molecule has 3 nitrogen and oxygen atoms in total. The highest BCUT2D eigenvalue weighted by molar-refractivity contribution is 5.67. The summed E-state index contributed by atoms with van der Waals surface area (Å²) in [6.07, 6.45) is 1.50. The lowest BCUT2D eigenvalue weighted by molar-refractivity contribution is 0.107. The molecule has 0 aliphatic carbocycles. The summed E-state index contributed by atoms with van der Waals surface area (Å²) in [7, 11) is 0. The van der Waals surface area contributed by atoms with E-state index in [4.69, 9.17) is 4.74 Å². The number of alkyl carbamates (subject to hydrolysis) is 1. The lowest BCUT2D eigenvalue weighted by Gasteiger charge is -2.13. The smallest absolute Gasteiger partial charge is 0.407 e. The van der Waals surface area contributed by atoms with Crippen molar-refractivity contribution in [3.05, 3.63) is 35.9 Å². The molecule has 1 aromatic carbocycles. The van der Waals surface area contributed by atoms with Gasteiger partial charge in [0, 0.05) is 6.54 Å². The third-order valence-corrected chi connectivity index (χ3v) is 2.35. The molecule has 88 valence electrons. The first-order chi connectivity index (χ1) is 7.74. The fraction of sp³-hybridized carbons (Fsp3) is 0.462. The van der Waals surface area contributed by atoms with Crippen molar-refractivity contribution in [3.8, 4) is 0 Å². The molecule has 0 aliphatic heterocycles. The molecule has 1 unspecified atom stereocenters. The summed E-state index contributed by atoms with van der Waals surface area (Å²) < 4.78 is 5.23. The summed E-state index contributed by atoms with van der Waals surface area (Å²) in [6, 6.07) is 9.71. The average Bonchev–Trinajstić information content (AvgIpc) is 2.30. The highest BCUT2D eigenvalue weighted by Crippen LogP contribution is 2.15. The molecule has 0 bridgehead atoms. The van der Waals surface area contributed by atoms with E-state index in [2.05, 4.69) is 12.2 Å². The van der Waals surface area contributed by atoms with Crippen LogP contribution in [0.25, 0.3) is 0 Å². The van der Waals surface area contributed by atoms with Crippen LogP contribution >= 0.6 is 0 Å². The average molecular weight is 221 g/mol. The topological polar surface area (TPSA) is 38.3 Å². The van der Waals surface area contributed by atoms with Crippen LogP contribution in [-0.4, -0.2) is 12.6 Å². The molecule has 0 fully saturated rings. The Labute approximate surface area is 96.8 Å². The molecule has 1 atom stereocenters. The lowest BCUT2D eigenvalue weighted by atomic mass is 10.1. The Hall–Kier alpha value is -1.51. The lowest BCUT2D eigenvalue weighted by Crippen LogP contribution is -2.26. The van der Waals surface area contributed by atoms with Crippen molar-refractivity contribution in [3.63, 3.8) is 0 Å². The van der Waals surface area contributed by atoms with Crippen LogP contribution in [0, 0.1) is 0 Å². The number of carbonyl (C=O) groups is 1. The van der Waals surface area contributed by atoms with Crippen LogP contribution < -0.4 is 5.32 Å². The van der Waals surface area contributed by atoms with Gasteiger partial charge in [-0.1, -0.05) is 43.7 Å². The minimum Gasteiger partial charge on any atom is -0.442 e. The molecule has 0 radical (unpaired) electrons. The molecule has 1 N–H and O–H groups in total. The van der Waals surface area contributed by atoms with Gasteiger partial charge in [-0.2, -0.15) is 0 Å². The van der Waals surface area contributed by atoms with E-state index in [1.165, 1.54) is 0 Å². The maximum absolute atomic E-state index is 11.4. The monoisotopic (exact) mass is 221 g/mol. The quantitative estimate of drug-likeness (QED) is 0.775. The van der Waals surface area contributed by atoms with Gasteiger partial charge < -0.3 is 10.1 Å². The third-order valence-electron chi connectivity index (χ3n) is 2.35. The summed E-state index contributed by atoms with van der Waals surface area (Å²) in [5.74, 6) is 0. The van der Waals surface area contributed by atoms with Gasteiger partial charge in [0.1, 0.15) is 6.10 Å². The van der Waals surface area contributed by atoms with Crippen LogP contribution in [0.5, 0.6) is 0 Å². The van der Waals surface area contributed by atoms with Gasteiger partial charge in [0.05, 0.1) is 0 Å². The second-order valence-electron chi connectivity index (χ2n) is 3.74. The SMILES string of the molecule is CCCCNC(=O)OC(C)c1ccccc1. The van der Waals surface area contributed by atoms with Crippen molar-refractivity contribution in [2.45, 2.75) is 32.8 Å². The predicted octanol–water partition coefficient (Wildman–Crippen LogP) is 3.27. The summed E-state index contributed by atoms with van der Waals surface area (Å²) in [5, 5.41) is 2.72. The Bertz CT molecular complexity index is 311. The molecular formula is C13H19NO2. The molecule has 1 aromatic rings. The predicted molar refractivity (Wildman–Crippen MR) is 64.2 cm³/mol. The molecule has 0 saturated carbocycles. The van der Waals surface area contributed by atoms with Gasteiger partial charge in [-0.05, 0) is 18.9 Å². The van der Waals surface area contributed by atoms with Crippen LogP contribution in [0.1, 0.15) is 38.4 Å². The van der Waals surface area contributed by atoms with Crippen molar-refractivity contribution in [2.24, 2.45) is 0 Å². The zero-order valence-electron chi connectivity index (χ0n) is 9.90. The molecule has 0 saturated heterocycles. The van der Waals surface area contributed by atoms with Crippen molar-refractivity contribution in [1.29, 1.82) is 0 Å². The molecule has 3 heteroatoms. The normalized spacial score (nSPS) is 11.9. The summed E-state index contributed by atoms with van der Waals surface area (Å²) in [6.45, 7) is 4.63. The van der Waals surface area contributed by atoms with E-state index in [-0.39, 0.29) is 12.2 Å². The van der Waals surface area contributed by atoms with Crippen LogP contribution in [0.4, 0.5) is 4.79 Å². The number of hydrogen-bond donors (Lipinski definition) is 1. The Morgan fingerprint density at radius 1 is 1.38 bits per heavy atom. The van der Waals surface area contributed by atoms with E-state index in [0.717, 1.165) is 18.4 Å². The van der Waals surface area contributed by atoms with Gasteiger partial charge in [-0.25, -0.2) is 4.79 Å². The van der Waals surface area contributed by atoms with Gasteiger partial charge in [-0.3, -0.25) is 0 Å². The van der Waals surface area contributed by atoms with Crippen LogP contribution in [0.2, 0.25) is 0 Å².